The van der Waals surface area contributed by atoms with Crippen molar-refractivity contribution in [1.29, 1.82) is 0 Å². The van der Waals surface area contributed by atoms with E-state index in [1.807, 2.05) is 0 Å². The Balaban J connectivity index is 1.06. The predicted octanol–water partition coefficient (Wildman–Crippen LogP) is 11.2. The highest BCUT2D eigenvalue weighted by Crippen LogP contribution is 2.67. The smallest absolute Gasteiger partial charge is 0.109 e. The van der Waals surface area contributed by atoms with Crippen LogP contribution in [0, 0.1) is 46.3 Å². The van der Waals surface area contributed by atoms with Crippen molar-refractivity contribution in [2.75, 3.05) is 0 Å². The molecule has 0 spiro atoms. The van der Waals surface area contributed by atoms with E-state index in [1.54, 1.807) is 5.57 Å². The highest BCUT2D eigenvalue weighted by molar-refractivity contribution is 5.78. The molecule has 0 saturated heterocycles. The Morgan fingerprint density at radius 3 is 2.22 bits per heavy atom. The van der Waals surface area contributed by atoms with Gasteiger partial charge in [0, 0.05) is 0 Å². The fraction of sp³-hybridized carbons (Fsp3) is 0.650. The van der Waals surface area contributed by atoms with Gasteiger partial charge < -0.3 is 4.74 Å². The third kappa shape index (κ3) is 4.59. The molecule has 3 saturated carbocycles. The zero-order chi connectivity index (χ0) is 28.4. The molecule has 0 amide bonds. The van der Waals surface area contributed by atoms with E-state index in [-0.39, 0.29) is 6.10 Å². The normalized spacial score (nSPS) is 36.6. The molecule has 0 heterocycles. The molecule has 3 fully saturated rings. The zero-order valence-electron chi connectivity index (χ0n) is 26.5. The van der Waals surface area contributed by atoms with Crippen LogP contribution in [-0.2, 0) is 4.74 Å². The minimum atomic E-state index is 0.0852. The van der Waals surface area contributed by atoms with Crippen molar-refractivity contribution < 1.29 is 4.74 Å². The van der Waals surface area contributed by atoms with Crippen LogP contribution in [-0.4, -0.2) is 6.10 Å². The minimum Gasteiger partial charge on any atom is -0.365 e. The Morgan fingerprint density at radius 2 is 1.51 bits per heavy atom. The topological polar surface area (TPSA) is 9.23 Å². The van der Waals surface area contributed by atoms with Crippen LogP contribution in [0.15, 0.2) is 60.2 Å². The summed E-state index contributed by atoms with van der Waals surface area (Å²) in [7, 11) is 0. The van der Waals surface area contributed by atoms with Crippen molar-refractivity contribution in [2.45, 2.75) is 117 Å². The maximum Gasteiger partial charge on any atom is 0.109 e. The Kier molecular flexibility index (Phi) is 7.29. The van der Waals surface area contributed by atoms with Gasteiger partial charge in [-0.15, -0.1) is 0 Å². The van der Waals surface area contributed by atoms with Crippen LogP contribution < -0.4 is 0 Å². The highest BCUT2D eigenvalue weighted by atomic mass is 16.5. The summed E-state index contributed by atoms with van der Waals surface area (Å²) in [6, 6.07) is 17.8. The third-order valence-corrected chi connectivity index (χ3v) is 13.4. The Bertz CT molecular complexity index is 1240. The van der Waals surface area contributed by atoms with Crippen molar-refractivity contribution in [3.05, 3.63) is 71.3 Å². The molecule has 2 aromatic carbocycles. The quantitative estimate of drug-likeness (QED) is 0.312. The maximum atomic E-state index is 7.07. The van der Waals surface area contributed by atoms with E-state index in [9.17, 15) is 0 Å². The molecule has 220 valence electrons. The second kappa shape index (κ2) is 10.7. The van der Waals surface area contributed by atoms with E-state index in [4.69, 9.17) is 4.74 Å². The van der Waals surface area contributed by atoms with Crippen molar-refractivity contribution in [2.24, 2.45) is 46.3 Å². The molecule has 0 aromatic heterocycles. The average molecular weight is 551 g/mol. The first kappa shape index (κ1) is 27.9. The lowest BCUT2D eigenvalue weighted by molar-refractivity contribution is -0.0705. The minimum absolute atomic E-state index is 0.0852. The van der Waals surface area contributed by atoms with Gasteiger partial charge in [-0.3, -0.25) is 0 Å². The molecule has 5 aliphatic rings. The van der Waals surface area contributed by atoms with Crippen LogP contribution in [0.1, 0.15) is 122 Å². The Morgan fingerprint density at radius 1 is 0.805 bits per heavy atom. The van der Waals surface area contributed by atoms with Crippen molar-refractivity contribution >= 4 is 0 Å². The van der Waals surface area contributed by atoms with Gasteiger partial charge >= 0.3 is 0 Å². The lowest BCUT2D eigenvalue weighted by Gasteiger charge is -2.58. The summed E-state index contributed by atoms with van der Waals surface area (Å²) in [6.45, 7) is 12.8. The highest BCUT2D eigenvalue weighted by Gasteiger charge is 2.59. The van der Waals surface area contributed by atoms with Gasteiger partial charge in [0.1, 0.15) is 6.10 Å². The van der Waals surface area contributed by atoms with Gasteiger partial charge in [0.25, 0.3) is 0 Å². The SMILES string of the molecule is CC(C)CCC[C@@H](C)[C@H]1CC[C@H]2[C@@H]3CC=C4C[C@@H](OC5c6ccccc6-c6ccccc65)CC[C@]4(C)[C@H]3CC[C@]12C. The molecule has 0 N–H and O–H groups in total. The van der Waals surface area contributed by atoms with E-state index in [1.165, 1.54) is 86.5 Å². The zero-order valence-corrected chi connectivity index (χ0v) is 26.5. The number of hydrogen-bond donors (Lipinski definition) is 0. The van der Waals surface area contributed by atoms with Crippen LogP contribution in [0.5, 0.6) is 0 Å². The Labute approximate surface area is 250 Å². The first-order valence-corrected chi connectivity index (χ1v) is 17.3. The standard InChI is InChI=1S/C40H54O/c1-26(2)11-10-12-27(3)35-19-20-36-34-18-17-28-25-29(21-23-39(28,4)37(34)22-24-40(35,36)5)41-38-32-15-8-6-13-30(32)31-14-7-9-16-33(31)38/h6-9,13-17,26-27,29,34-38H,10-12,18-25H2,1-5H3/t27-,29+,34+,35-,36+,37+,39+,40-/m1/s1. The number of allylic oxidation sites excluding steroid dienone is 1. The number of rotatable bonds is 7. The molecule has 1 heteroatoms. The van der Waals surface area contributed by atoms with Crippen LogP contribution in [0.25, 0.3) is 11.1 Å². The largest absolute Gasteiger partial charge is 0.365 e. The summed E-state index contributed by atoms with van der Waals surface area (Å²) in [5.41, 5.74) is 8.15. The Hall–Kier alpha value is -1.86. The molecule has 0 aliphatic heterocycles. The van der Waals surface area contributed by atoms with Crippen molar-refractivity contribution in [3.63, 3.8) is 0 Å². The predicted molar refractivity (Wildman–Crippen MR) is 172 cm³/mol. The molecule has 7 rings (SSSR count). The second-order valence-electron chi connectivity index (χ2n) is 15.8. The molecular weight excluding hydrogens is 496 g/mol. The lowest BCUT2D eigenvalue weighted by Crippen LogP contribution is -2.51. The first-order chi connectivity index (χ1) is 19.8. The summed E-state index contributed by atoms with van der Waals surface area (Å²) >= 11 is 0. The lowest BCUT2D eigenvalue weighted by atomic mass is 9.47. The van der Waals surface area contributed by atoms with Crippen LogP contribution in [0.3, 0.4) is 0 Å². The fourth-order valence-electron chi connectivity index (χ4n) is 11.2. The molecule has 8 atom stereocenters. The van der Waals surface area contributed by atoms with Gasteiger partial charge in [0.15, 0.2) is 0 Å². The van der Waals surface area contributed by atoms with Crippen LogP contribution >= 0.6 is 0 Å². The van der Waals surface area contributed by atoms with E-state index < -0.39 is 0 Å². The summed E-state index contributed by atoms with van der Waals surface area (Å²) in [5, 5.41) is 0. The summed E-state index contributed by atoms with van der Waals surface area (Å²) in [5.74, 6) is 5.41. The van der Waals surface area contributed by atoms with E-state index in [0.29, 0.717) is 16.9 Å². The first-order valence-electron chi connectivity index (χ1n) is 17.3. The molecule has 41 heavy (non-hydrogen) atoms. The monoisotopic (exact) mass is 550 g/mol. The molecule has 0 unspecified atom stereocenters. The van der Waals surface area contributed by atoms with Crippen molar-refractivity contribution in [1.82, 2.24) is 0 Å². The van der Waals surface area contributed by atoms with Gasteiger partial charge in [-0.05, 0) is 120 Å². The van der Waals surface area contributed by atoms with Gasteiger partial charge in [0.2, 0.25) is 0 Å². The summed E-state index contributed by atoms with van der Waals surface area (Å²) < 4.78 is 7.07. The van der Waals surface area contributed by atoms with E-state index in [2.05, 4.69) is 89.2 Å². The third-order valence-electron chi connectivity index (χ3n) is 13.4. The van der Waals surface area contributed by atoms with Gasteiger partial charge in [-0.2, -0.15) is 0 Å². The summed E-state index contributed by atoms with van der Waals surface area (Å²) in [4.78, 5) is 0. The second-order valence-corrected chi connectivity index (χ2v) is 15.8. The number of benzene rings is 2. The number of ether oxygens (including phenoxy) is 1. The van der Waals surface area contributed by atoms with Gasteiger partial charge in [0.05, 0.1) is 6.10 Å². The molecule has 2 aromatic rings. The number of fused-ring (bicyclic) bond motifs is 8. The molecule has 5 aliphatic carbocycles. The number of hydrogen-bond acceptors (Lipinski definition) is 1. The molecule has 0 bridgehead atoms. The average Bonchev–Trinajstić information content (AvgIpc) is 3.48. The molecule has 1 nitrogen and oxygen atoms in total. The molecular formula is C40H54O. The van der Waals surface area contributed by atoms with Gasteiger partial charge in [-0.1, -0.05) is 114 Å². The van der Waals surface area contributed by atoms with Gasteiger partial charge in [-0.25, -0.2) is 0 Å². The summed E-state index contributed by atoms with van der Waals surface area (Å²) in [6.07, 6.45) is 18.3. The van der Waals surface area contributed by atoms with Crippen LogP contribution in [0.2, 0.25) is 0 Å². The van der Waals surface area contributed by atoms with Crippen molar-refractivity contribution in [3.8, 4) is 11.1 Å². The van der Waals surface area contributed by atoms with E-state index in [0.717, 1.165) is 41.9 Å². The van der Waals surface area contributed by atoms with E-state index >= 15 is 0 Å². The fourth-order valence-corrected chi connectivity index (χ4v) is 11.2. The van der Waals surface area contributed by atoms with Crippen LogP contribution in [0.4, 0.5) is 0 Å². The maximum absolute atomic E-state index is 7.07. The molecule has 0 radical (unpaired) electrons.